The molecule has 2 saturated carbocycles. The van der Waals surface area contributed by atoms with E-state index in [1.807, 2.05) is 0 Å². The van der Waals surface area contributed by atoms with Gasteiger partial charge in [-0.3, -0.25) is 9.59 Å². The predicted octanol–water partition coefficient (Wildman–Crippen LogP) is 3.69. The molecule has 2 fully saturated rings. The van der Waals surface area contributed by atoms with Crippen LogP contribution in [0.15, 0.2) is 12.1 Å². The molecule has 1 N–H and O–H groups in total. The number of fused-ring (bicyclic) bond motifs is 5. The molecular weight excluding hydrogens is 302 g/mol. The van der Waals surface area contributed by atoms with Crippen molar-refractivity contribution in [2.75, 3.05) is 12.4 Å². The molecule has 1 aromatic carbocycles. The van der Waals surface area contributed by atoms with E-state index in [9.17, 15) is 9.59 Å². The van der Waals surface area contributed by atoms with Crippen molar-refractivity contribution in [3.8, 4) is 5.75 Å². The van der Waals surface area contributed by atoms with E-state index >= 15 is 0 Å². The number of amides is 1. The van der Waals surface area contributed by atoms with Gasteiger partial charge in [-0.1, -0.05) is 6.92 Å². The summed E-state index contributed by atoms with van der Waals surface area (Å²) in [5.74, 6) is 2.89. The summed E-state index contributed by atoms with van der Waals surface area (Å²) < 4.78 is 5.49. The Labute approximate surface area is 143 Å². The molecule has 0 aliphatic heterocycles. The molecule has 0 heterocycles. The number of Topliss-reactive ketones (excluding diaryl/α,β-unsaturated/α-hetero) is 1. The van der Waals surface area contributed by atoms with Crippen LogP contribution in [0.25, 0.3) is 0 Å². The molecule has 128 valence electrons. The number of ether oxygens (including phenoxy) is 1. The van der Waals surface area contributed by atoms with Gasteiger partial charge in [0.2, 0.25) is 6.41 Å². The quantitative estimate of drug-likeness (QED) is 0.862. The smallest absolute Gasteiger partial charge is 0.211 e. The first-order valence-electron chi connectivity index (χ1n) is 9.02. The molecule has 0 bridgehead atoms. The first kappa shape index (κ1) is 15.7. The van der Waals surface area contributed by atoms with Crippen LogP contribution in [0.1, 0.15) is 56.1 Å². The Balaban J connectivity index is 1.72. The normalized spacial score (nSPS) is 34.1. The van der Waals surface area contributed by atoms with Gasteiger partial charge in [-0.05, 0) is 73.1 Å². The van der Waals surface area contributed by atoms with E-state index in [2.05, 4.69) is 24.4 Å². The van der Waals surface area contributed by atoms with Gasteiger partial charge in [-0.15, -0.1) is 0 Å². The second-order valence-electron chi connectivity index (χ2n) is 7.85. The fourth-order valence-electron chi connectivity index (χ4n) is 5.72. The van der Waals surface area contributed by atoms with E-state index in [1.165, 1.54) is 11.1 Å². The van der Waals surface area contributed by atoms with Crippen LogP contribution in [0.4, 0.5) is 5.69 Å². The summed E-state index contributed by atoms with van der Waals surface area (Å²) in [6.07, 6.45) is 6.79. The molecule has 4 heteroatoms. The lowest BCUT2D eigenvalue weighted by Gasteiger charge is -2.48. The zero-order chi connectivity index (χ0) is 16.9. The predicted molar refractivity (Wildman–Crippen MR) is 92.3 cm³/mol. The van der Waals surface area contributed by atoms with Crippen LogP contribution < -0.4 is 10.1 Å². The molecule has 0 aromatic heterocycles. The second-order valence-corrected chi connectivity index (χ2v) is 7.85. The Hall–Kier alpha value is -1.84. The van der Waals surface area contributed by atoms with E-state index in [-0.39, 0.29) is 5.41 Å². The monoisotopic (exact) mass is 327 g/mol. The summed E-state index contributed by atoms with van der Waals surface area (Å²) in [6, 6.07) is 4.20. The molecule has 1 amide bonds. The van der Waals surface area contributed by atoms with E-state index in [4.69, 9.17) is 4.74 Å². The highest BCUT2D eigenvalue weighted by Gasteiger charge is 2.54. The minimum atomic E-state index is -0.0816. The molecule has 24 heavy (non-hydrogen) atoms. The summed E-state index contributed by atoms with van der Waals surface area (Å²) >= 11 is 0. The first-order valence-corrected chi connectivity index (χ1v) is 9.02. The number of carbonyl (C=O) groups excluding carboxylic acids is 2. The fourth-order valence-corrected chi connectivity index (χ4v) is 5.72. The summed E-state index contributed by atoms with van der Waals surface area (Å²) in [4.78, 5) is 23.2. The largest absolute Gasteiger partial charge is 0.495 e. The number of aryl methyl sites for hydroxylation is 1. The third-order valence-corrected chi connectivity index (χ3v) is 6.97. The van der Waals surface area contributed by atoms with E-state index < -0.39 is 0 Å². The second kappa shape index (κ2) is 5.61. The zero-order valence-electron chi connectivity index (χ0n) is 14.4. The first-order chi connectivity index (χ1) is 11.6. The molecule has 3 unspecified atom stereocenters. The van der Waals surface area contributed by atoms with E-state index in [0.29, 0.717) is 29.9 Å². The van der Waals surface area contributed by atoms with Crippen LogP contribution in [0.2, 0.25) is 0 Å². The summed E-state index contributed by atoms with van der Waals surface area (Å²) in [5, 5.41) is 2.75. The zero-order valence-corrected chi connectivity index (χ0v) is 14.4. The van der Waals surface area contributed by atoms with Crippen LogP contribution >= 0.6 is 0 Å². The fraction of sp³-hybridized carbons (Fsp3) is 0.600. The number of benzene rings is 1. The number of hydrogen-bond donors (Lipinski definition) is 1. The maximum atomic E-state index is 12.4. The van der Waals surface area contributed by atoms with Crippen LogP contribution in [0.5, 0.6) is 5.75 Å². The lowest BCUT2D eigenvalue weighted by Crippen LogP contribution is -2.42. The van der Waals surface area contributed by atoms with Gasteiger partial charge in [0.1, 0.15) is 11.5 Å². The number of ketones is 1. The molecule has 0 saturated heterocycles. The Kier molecular flexibility index (Phi) is 3.66. The Morgan fingerprint density at radius 2 is 2.08 bits per heavy atom. The minimum absolute atomic E-state index is 0.0816. The summed E-state index contributed by atoms with van der Waals surface area (Å²) in [7, 11) is 1.64. The van der Waals surface area contributed by atoms with Crippen molar-refractivity contribution in [2.24, 2.45) is 17.3 Å². The average molecular weight is 327 g/mol. The highest BCUT2D eigenvalue weighted by molar-refractivity contribution is 5.87. The average Bonchev–Trinajstić information content (AvgIpc) is 2.89. The third-order valence-electron chi connectivity index (χ3n) is 6.97. The highest BCUT2D eigenvalue weighted by Crippen LogP contribution is 2.59. The third kappa shape index (κ3) is 2.11. The van der Waals surface area contributed by atoms with Gasteiger partial charge >= 0.3 is 0 Å². The maximum absolute atomic E-state index is 12.4. The number of methoxy groups -OCH3 is 1. The Morgan fingerprint density at radius 3 is 2.83 bits per heavy atom. The Morgan fingerprint density at radius 1 is 1.25 bits per heavy atom. The molecule has 4 atom stereocenters. The lowest BCUT2D eigenvalue weighted by molar-refractivity contribution is -0.129. The molecule has 4 rings (SSSR count). The topological polar surface area (TPSA) is 55.4 Å². The maximum Gasteiger partial charge on any atom is 0.211 e. The van der Waals surface area contributed by atoms with Gasteiger partial charge in [-0.25, -0.2) is 0 Å². The van der Waals surface area contributed by atoms with Gasteiger partial charge in [0.25, 0.3) is 0 Å². The van der Waals surface area contributed by atoms with Crippen molar-refractivity contribution >= 4 is 17.9 Å². The van der Waals surface area contributed by atoms with Crippen LogP contribution in [0, 0.1) is 17.3 Å². The number of anilines is 1. The van der Waals surface area contributed by atoms with Crippen molar-refractivity contribution in [1.29, 1.82) is 0 Å². The number of carbonyl (C=O) groups is 2. The summed E-state index contributed by atoms with van der Waals surface area (Å²) in [6.45, 7) is 2.20. The van der Waals surface area contributed by atoms with Crippen LogP contribution in [0.3, 0.4) is 0 Å². The number of hydrogen-bond acceptors (Lipinski definition) is 3. The van der Waals surface area contributed by atoms with E-state index in [1.54, 1.807) is 7.11 Å². The highest BCUT2D eigenvalue weighted by atomic mass is 16.5. The standard InChI is InChI=1S/C20H25NO3/c1-20-8-7-13-14(16(20)5-6-19(20)23)4-3-12-9-17(21-11-22)18(24-2)10-15(12)13/h9-11,13-14,16H,3-8H2,1-2H3,(H,21,22)/t13?,14?,16?,20-/m0/s1. The van der Waals surface area contributed by atoms with Crippen molar-refractivity contribution < 1.29 is 14.3 Å². The van der Waals surface area contributed by atoms with Crippen molar-refractivity contribution in [2.45, 2.75) is 51.4 Å². The lowest BCUT2D eigenvalue weighted by atomic mass is 9.55. The van der Waals surface area contributed by atoms with Crippen molar-refractivity contribution in [3.63, 3.8) is 0 Å². The van der Waals surface area contributed by atoms with Gasteiger partial charge in [-0.2, -0.15) is 0 Å². The molecule has 0 spiro atoms. The molecule has 3 aliphatic carbocycles. The summed E-state index contributed by atoms with van der Waals surface area (Å²) in [5.41, 5.74) is 3.37. The SMILES string of the molecule is COc1cc2c(cc1NC=O)CCC1C2CC[C@]2(C)C(=O)CCC12. The van der Waals surface area contributed by atoms with Gasteiger partial charge in [0.15, 0.2) is 0 Å². The molecule has 1 aromatic rings. The molecular formula is C20H25NO3. The van der Waals surface area contributed by atoms with Crippen LogP contribution in [-0.4, -0.2) is 19.3 Å². The molecule has 4 nitrogen and oxygen atoms in total. The Bertz CT molecular complexity index is 698. The van der Waals surface area contributed by atoms with Crippen molar-refractivity contribution in [3.05, 3.63) is 23.3 Å². The number of nitrogens with one attached hydrogen (secondary N) is 1. The molecule has 3 aliphatic rings. The van der Waals surface area contributed by atoms with Gasteiger partial charge < -0.3 is 10.1 Å². The minimum Gasteiger partial charge on any atom is -0.495 e. The molecule has 0 radical (unpaired) electrons. The van der Waals surface area contributed by atoms with Crippen molar-refractivity contribution in [1.82, 2.24) is 0 Å². The van der Waals surface area contributed by atoms with E-state index in [0.717, 1.165) is 50.0 Å². The van der Waals surface area contributed by atoms with Gasteiger partial charge in [0.05, 0.1) is 12.8 Å². The van der Waals surface area contributed by atoms with Gasteiger partial charge in [0, 0.05) is 11.8 Å². The van der Waals surface area contributed by atoms with Crippen LogP contribution in [-0.2, 0) is 16.0 Å². The number of rotatable bonds is 3.